The van der Waals surface area contributed by atoms with E-state index in [9.17, 15) is 14.9 Å². The number of carbonyl (C=O) groups is 1. The maximum atomic E-state index is 12.4. The predicted molar refractivity (Wildman–Crippen MR) is 78.6 cm³/mol. The molecule has 0 aliphatic carbocycles. The van der Waals surface area contributed by atoms with Crippen LogP contribution in [-0.4, -0.2) is 42.5 Å². The molecular formula is C14H15ClN2O4. The van der Waals surface area contributed by atoms with E-state index in [2.05, 4.69) is 0 Å². The smallest absolute Gasteiger partial charge is 0.270 e. The van der Waals surface area contributed by atoms with Gasteiger partial charge in [0.25, 0.3) is 11.6 Å². The lowest BCUT2D eigenvalue weighted by atomic mass is 10.1. The van der Waals surface area contributed by atoms with Crippen molar-refractivity contribution in [3.63, 3.8) is 0 Å². The summed E-state index contributed by atoms with van der Waals surface area (Å²) in [7, 11) is 1.63. The molecule has 0 atom stereocenters. The van der Waals surface area contributed by atoms with Gasteiger partial charge in [0.15, 0.2) is 0 Å². The number of nitro benzene ring substituents is 1. The summed E-state index contributed by atoms with van der Waals surface area (Å²) in [6.07, 6.45) is 2.72. The van der Waals surface area contributed by atoms with Gasteiger partial charge in [-0.3, -0.25) is 14.9 Å². The van der Waals surface area contributed by atoms with Crippen LogP contribution in [0.4, 0.5) is 5.69 Å². The highest BCUT2D eigenvalue weighted by Crippen LogP contribution is 2.24. The van der Waals surface area contributed by atoms with Crippen molar-refractivity contribution < 1.29 is 14.5 Å². The average Bonchev–Trinajstić information content (AvgIpc) is 2.47. The first kappa shape index (κ1) is 15.5. The van der Waals surface area contributed by atoms with Gasteiger partial charge in [0, 0.05) is 32.3 Å². The summed E-state index contributed by atoms with van der Waals surface area (Å²) in [4.78, 5) is 24.2. The van der Waals surface area contributed by atoms with Gasteiger partial charge in [-0.05, 0) is 18.1 Å². The van der Waals surface area contributed by atoms with E-state index in [1.165, 1.54) is 18.2 Å². The van der Waals surface area contributed by atoms with E-state index in [4.69, 9.17) is 16.3 Å². The molecular weight excluding hydrogens is 296 g/mol. The molecule has 0 fully saturated rings. The third kappa shape index (κ3) is 3.59. The van der Waals surface area contributed by atoms with Crippen LogP contribution >= 0.6 is 11.6 Å². The quantitative estimate of drug-likeness (QED) is 0.487. The van der Waals surface area contributed by atoms with Gasteiger partial charge in [0.1, 0.15) is 0 Å². The Bertz CT molecular complexity index is 601. The molecule has 112 valence electrons. The summed E-state index contributed by atoms with van der Waals surface area (Å²) in [5.41, 5.74) is 1.32. The largest absolute Gasteiger partial charge is 0.380 e. The van der Waals surface area contributed by atoms with Gasteiger partial charge in [0.2, 0.25) is 0 Å². The highest BCUT2D eigenvalue weighted by molar-refractivity contribution is 6.34. The number of ether oxygens (including phenoxy) is 1. The van der Waals surface area contributed by atoms with Crippen molar-refractivity contribution in [3.8, 4) is 0 Å². The monoisotopic (exact) mass is 310 g/mol. The zero-order valence-electron chi connectivity index (χ0n) is 11.5. The number of carbonyl (C=O) groups excluding carboxylic acids is 1. The third-order valence-corrected chi connectivity index (χ3v) is 3.63. The van der Waals surface area contributed by atoms with Crippen LogP contribution in [0.3, 0.4) is 0 Å². The van der Waals surface area contributed by atoms with Crippen LogP contribution in [0.5, 0.6) is 0 Å². The van der Waals surface area contributed by atoms with Crippen LogP contribution in [0, 0.1) is 10.1 Å². The molecule has 2 rings (SSSR count). The van der Waals surface area contributed by atoms with Gasteiger partial charge in [0.05, 0.1) is 22.1 Å². The summed E-state index contributed by atoms with van der Waals surface area (Å²) in [6, 6.07) is 3.89. The molecule has 0 radical (unpaired) electrons. The first-order valence-electron chi connectivity index (χ1n) is 6.43. The average molecular weight is 311 g/mol. The number of nitro groups is 1. The van der Waals surface area contributed by atoms with Crippen LogP contribution in [0.15, 0.2) is 29.8 Å². The highest BCUT2D eigenvalue weighted by atomic mass is 35.5. The summed E-state index contributed by atoms with van der Waals surface area (Å²) in [5, 5.41) is 10.8. The summed E-state index contributed by atoms with van der Waals surface area (Å²) in [5.74, 6) is -0.220. The predicted octanol–water partition coefficient (Wildman–Crippen LogP) is 2.67. The molecule has 1 aromatic rings. The minimum absolute atomic E-state index is 0.0980. The molecule has 6 nitrogen and oxygen atoms in total. The fourth-order valence-corrected chi connectivity index (χ4v) is 2.43. The molecule has 1 heterocycles. The minimum Gasteiger partial charge on any atom is -0.380 e. The Labute approximate surface area is 127 Å². The van der Waals surface area contributed by atoms with Crippen molar-refractivity contribution in [2.45, 2.75) is 6.42 Å². The molecule has 0 aromatic heterocycles. The van der Waals surface area contributed by atoms with Crippen LogP contribution in [0.2, 0.25) is 5.02 Å². The second-order valence-electron chi connectivity index (χ2n) is 4.72. The van der Waals surface area contributed by atoms with Crippen molar-refractivity contribution in [1.82, 2.24) is 4.90 Å². The van der Waals surface area contributed by atoms with Crippen molar-refractivity contribution >= 4 is 23.2 Å². The zero-order valence-corrected chi connectivity index (χ0v) is 12.3. The number of methoxy groups -OCH3 is 1. The molecule has 1 aliphatic rings. The zero-order chi connectivity index (χ0) is 15.4. The fraction of sp³-hybridized carbons (Fsp3) is 0.357. The molecule has 0 saturated heterocycles. The van der Waals surface area contributed by atoms with E-state index in [0.29, 0.717) is 19.7 Å². The maximum absolute atomic E-state index is 12.4. The molecule has 1 aliphatic heterocycles. The van der Waals surface area contributed by atoms with Crippen LogP contribution in [-0.2, 0) is 4.74 Å². The maximum Gasteiger partial charge on any atom is 0.270 e. The van der Waals surface area contributed by atoms with Gasteiger partial charge in [-0.25, -0.2) is 0 Å². The van der Waals surface area contributed by atoms with E-state index in [-0.39, 0.29) is 22.2 Å². The third-order valence-electron chi connectivity index (χ3n) is 3.31. The number of amides is 1. The number of hydrogen-bond donors (Lipinski definition) is 0. The normalized spacial score (nSPS) is 14.8. The van der Waals surface area contributed by atoms with Crippen LogP contribution < -0.4 is 0 Å². The summed E-state index contributed by atoms with van der Waals surface area (Å²) in [6.45, 7) is 1.65. The topological polar surface area (TPSA) is 72.7 Å². The minimum atomic E-state index is -0.541. The number of benzene rings is 1. The van der Waals surface area contributed by atoms with Gasteiger partial charge in [-0.15, -0.1) is 0 Å². The summed E-state index contributed by atoms with van der Waals surface area (Å²) < 4.78 is 5.06. The Morgan fingerprint density at radius 3 is 2.81 bits per heavy atom. The molecule has 0 bridgehead atoms. The van der Waals surface area contributed by atoms with Crippen molar-refractivity contribution in [2.24, 2.45) is 0 Å². The molecule has 1 amide bonds. The molecule has 0 unspecified atom stereocenters. The Morgan fingerprint density at radius 2 is 2.29 bits per heavy atom. The van der Waals surface area contributed by atoms with E-state index >= 15 is 0 Å². The molecule has 1 aromatic carbocycles. The molecule has 7 heteroatoms. The Balaban J connectivity index is 2.13. The first-order valence-corrected chi connectivity index (χ1v) is 6.80. The number of non-ortho nitro benzene ring substituents is 1. The van der Waals surface area contributed by atoms with Gasteiger partial charge >= 0.3 is 0 Å². The van der Waals surface area contributed by atoms with E-state index in [1.807, 2.05) is 6.08 Å². The molecule has 0 N–H and O–H groups in total. The lowest BCUT2D eigenvalue weighted by molar-refractivity contribution is -0.384. The number of hydrogen-bond acceptors (Lipinski definition) is 4. The van der Waals surface area contributed by atoms with Crippen LogP contribution in [0.1, 0.15) is 16.8 Å². The lowest BCUT2D eigenvalue weighted by Gasteiger charge is -2.26. The molecule has 21 heavy (non-hydrogen) atoms. The first-order chi connectivity index (χ1) is 10.0. The van der Waals surface area contributed by atoms with Crippen molar-refractivity contribution in [1.29, 1.82) is 0 Å². The highest BCUT2D eigenvalue weighted by Gasteiger charge is 2.22. The number of rotatable bonds is 4. The van der Waals surface area contributed by atoms with Gasteiger partial charge in [-0.1, -0.05) is 17.7 Å². The SMILES string of the molecule is COCC1=CCN(C(=O)c2ccc([N+](=O)[O-])cc2Cl)CC1. The number of nitrogens with zero attached hydrogens (tertiary/aromatic N) is 2. The van der Waals surface area contributed by atoms with Gasteiger partial charge < -0.3 is 9.64 Å². The lowest BCUT2D eigenvalue weighted by Crippen LogP contribution is -2.35. The second kappa shape index (κ2) is 6.69. The molecule has 0 spiro atoms. The van der Waals surface area contributed by atoms with Crippen molar-refractivity contribution in [2.75, 3.05) is 26.8 Å². The Morgan fingerprint density at radius 1 is 1.52 bits per heavy atom. The Hall–Kier alpha value is -1.92. The molecule has 0 saturated carbocycles. The van der Waals surface area contributed by atoms with Crippen molar-refractivity contribution in [3.05, 3.63) is 50.5 Å². The van der Waals surface area contributed by atoms with E-state index in [0.717, 1.165) is 12.0 Å². The van der Waals surface area contributed by atoms with Gasteiger partial charge in [-0.2, -0.15) is 0 Å². The van der Waals surface area contributed by atoms with E-state index in [1.54, 1.807) is 12.0 Å². The van der Waals surface area contributed by atoms with E-state index < -0.39 is 4.92 Å². The summed E-state index contributed by atoms with van der Waals surface area (Å²) >= 11 is 5.98. The standard InChI is InChI=1S/C14H15ClN2O4/c1-21-9-10-4-6-16(7-5-10)14(18)12-3-2-11(17(19)20)8-13(12)15/h2-4,8H,5-7,9H2,1H3. The van der Waals surface area contributed by atoms with Crippen LogP contribution in [0.25, 0.3) is 0 Å². The Kier molecular flexibility index (Phi) is 4.93. The number of halogens is 1. The second-order valence-corrected chi connectivity index (χ2v) is 5.13. The fourth-order valence-electron chi connectivity index (χ4n) is 2.17.